The number of hydrogen-bond acceptors (Lipinski definition) is 5. The highest BCUT2D eigenvalue weighted by molar-refractivity contribution is 6.30. The Morgan fingerprint density at radius 3 is 2.52 bits per heavy atom. The smallest absolute Gasteiger partial charge is 0.145 e. The van der Waals surface area contributed by atoms with Gasteiger partial charge in [-0.05, 0) is 56.2 Å². The molecule has 1 heterocycles. The third-order valence-electron chi connectivity index (χ3n) is 4.87. The van der Waals surface area contributed by atoms with Crippen LogP contribution in [0.25, 0.3) is 0 Å². The first-order valence-corrected chi connectivity index (χ1v) is 10.8. The number of halogens is 2. The van der Waals surface area contributed by atoms with Crippen LogP contribution in [0.4, 0.5) is 4.39 Å². The highest BCUT2D eigenvalue weighted by atomic mass is 35.5. The van der Waals surface area contributed by atoms with Gasteiger partial charge in [0.2, 0.25) is 0 Å². The first kappa shape index (κ1) is 23.7. The molecule has 3 rings (SSSR count). The molecule has 0 fully saturated rings. The third-order valence-corrected chi connectivity index (χ3v) is 5.12. The summed E-state index contributed by atoms with van der Waals surface area (Å²) in [6.45, 7) is 7.65. The molecule has 2 aromatic carbocycles. The van der Waals surface area contributed by atoms with E-state index in [0.29, 0.717) is 31.1 Å². The molecule has 0 spiro atoms. The molecule has 31 heavy (non-hydrogen) atoms. The largest absolute Gasteiger partial charge is 0.390 e. The van der Waals surface area contributed by atoms with E-state index in [1.165, 1.54) is 12.1 Å². The second kappa shape index (κ2) is 10.6. The first-order valence-electron chi connectivity index (χ1n) is 10.5. The van der Waals surface area contributed by atoms with Crippen LogP contribution in [0.3, 0.4) is 0 Å². The van der Waals surface area contributed by atoms with Gasteiger partial charge in [-0.25, -0.2) is 4.39 Å². The number of hydrogen-bond donors (Lipinski definition) is 1. The number of aliphatic hydroxyl groups is 1. The Kier molecular flexibility index (Phi) is 8.06. The number of aliphatic hydroxyl groups excluding tert-OH is 1. The SMILES string of the molecule is CC(C)(C)OC[C@H](O)CN(Cc1ccc(F)cc1)C[C@H]1CC(c2ccc(Cl)cc2)=NO1. The van der Waals surface area contributed by atoms with Crippen LogP contribution in [0.5, 0.6) is 0 Å². The number of oxime groups is 1. The lowest BCUT2D eigenvalue weighted by atomic mass is 10.0. The third kappa shape index (κ3) is 7.89. The monoisotopic (exact) mass is 448 g/mol. The molecule has 1 N–H and O–H groups in total. The van der Waals surface area contributed by atoms with E-state index in [4.69, 9.17) is 21.2 Å². The molecule has 0 aliphatic carbocycles. The second-order valence-electron chi connectivity index (χ2n) is 8.87. The van der Waals surface area contributed by atoms with E-state index in [9.17, 15) is 9.50 Å². The highest BCUT2D eigenvalue weighted by Crippen LogP contribution is 2.20. The summed E-state index contributed by atoms with van der Waals surface area (Å²) in [5.74, 6) is -0.269. The minimum absolute atomic E-state index is 0.137. The van der Waals surface area contributed by atoms with Crippen molar-refractivity contribution >= 4 is 17.3 Å². The highest BCUT2D eigenvalue weighted by Gasteiger charge is 2.26. The summed E-state index contributed by atoms with van der Waals surface area (Å²) in [5.41, 5.74) is 2.50. The van der Waals surface area contributed by atoms with Crippen molar-refractivity contribution in [1.82, 2.24) is 4.90 Å². The summed E-state index contributed by atoms with van der Waals surface area (Å²) in [7, 11) is 0. The zero-order valence-corrected chi connectivity index (χ0v) is 19.0. The van der Waals surface area contributed by atoms with Gasteiger partial charge in [0.25, 0.3) is 0 Å². The molecule has 0 saturated carbocycles. The van der Waals surface area contributed by atoms with E-state index in [1.54, 1.807) is 12.1 Å². The van der Waals surface area contributed by atoms with Crippen LogP contribution in [0.2, 0.25) is 5.02 Å². The van der Waals surface area contributed by atoms with Gasteiger partial charge in [-0.15, -0.1) is 0 Å². The summed E-state index contributed by atoms with van der Waals surface area (Å²) >= 11 is 5.97. The molecule has 0 unspecified atom stereocenters. The van der Waals surface area contributed by atoms with E-state index < -0.39 is 6.10 Å². The topological polar surface area (TPSA) is 54.3 Å². The van der Waals surface area contributed by atoms with Crippen molar-refractivity contribution in [3.05, 3.63) is 70.5 Å². The molecule has 1 aliphatic heterocycles. The summed E-state index contributed by atoms with van der Waals surface area (Å²) < 4.78 is 19.0. The average Bonchev–Trinajstić information content (AvgIpc) is 3.16. The summed E-state index contributed by atoms with van der Waals surface area (Å²) in [4.78, 5) is 7.77. The molecular formula is C24H30ClFN2O3. The van der Waals surface area contributed by atoms with Gasteiger partial charge in [0.15, 0.2) is 0 Å². The van der Waals surface area contributed by atoms with Crippen molar-refractivity contribution in [2.24, 2.45) is 5.16 Å². The van der Waals surface area contributed by atoms with Crippen molar-refractivity contribution in [2.45, 2.75) is 51.5 Å². The minimum atomic E-state index is -0.655. The lowest BCUT2D eigenvalue weighted by Gasteiger charge is -2.28. The van der Waals surface area contributed by atoms with E-state index in [-0.39, 0.29) is 24.1 Å². The van der Waals surface area contributed by atoms with Gasteiger partial charge in [0.1, 0.15) is 11.9 Å². The number of ether oxygens (including phenoxy) is 1. The Morgan fingerprint density at radius 1 is 1.19 bits per heavy atom. The maximum atomic E-state index is 13.3. The van der Waals surface area contributed by atoms with Gasteiger partial charge in [-0.2, -0.15) is 0 Å². The van der Waals surface area contributed by atoms with E-state index in [1.807, 2.05) is 45.0 Å². The molecule has 0 aromatic heterocycles. The van der Waals surface area contributed by atoms with Crippen molar-refractivity contribution in [3.63, 3.8) is 0 Å². The first-order chi connectivity index (χ1) is 14.7. The molecule has 0 amide bonds. The van der Waals surface area contributed by atoms with Gasteiger partial charge in [-0.3, -0.25) is 4.90 Å². The molecule has 2 aromatic rings. The molecule has 168 valence electrons. The molecule has 1 aliphatic rings. The van der Waals surface area contributed by atoms with Gasteiger partial charge in [-0.1, -0.05) is 41.0 Å². The van der Waals surface area contributed by atoms with Crippen LogP contribution >= 0.6 is 11.6 Å². The van der Waals surface area contributed by atoms with Crippen LogP contribution in [-0.2, 0) is 16.1 Å². The second-order valence-corrected chi connectivity index (χ2v) is 9.31. The molecule has 0 saturated heterocycles. The van der Waals surface area contributed by atoms with Crippen LogP contribution < -0.4 is 0 Å². The summed E-state index contributed by atoms with van der Waals surface area (Å²) in [6.07, 6.45) is -0.129. The molecular weight excluding hydrogens is 419 g/mol. The fraction of sp³-hybridized carbons (Fsp3) is 0.458. The number of rotatable bonds is 9. The number of nitrogens with zero attached hydrogens (tertiary/aromatic N) is 2. The van der Waals surface area contributed by atoms with Crippen molar-refractivity contribution < 1.29 is 19.1 Å². The molecule has 7 heteroatoms. The van der Waals surface area contributed by atoms with Crippen LogP contribution in [-0.4, -0.2) is 53.2 Å². The predicted molar refractivity (Wildman–Crippen MR) is 121 cm³/mol. The van der Waals surface area contributed by atoms with Crippen molar-refractivity contribution in [1.29, 1.82) is 0 Å². The van der Waals surface area contributed by atoms with E-state index >= 15 is 0 Å². The fourth-order valence-corrected chi connectivity index (χ4v) is 3.50. The minimum Gasteiger partial charge on any atom is -0.390 e. The lowest BCUT2D eigenvalue weighted by molar-refractivity contribution is -0.0600. The summed E-state index contributed by atoms with van der Waals surface area (Å²) in [6, 6.07) is 13.9. The van der Waals surface area contributed by atoms with Gasteiger partial charge in [0.05, 0.1) is 24.0 Å². The number of benzene rings is 2. The maximum absolute atomic E-state index is 13.3. The normalized spacial score (nSPS) is 17.5. The van der Waals surface area contributed by atoms with Crippen molar-refractivity contribution in [3.8, 4) is 0 Å². The maximum Gasteiger partial charge on any atom is 0.145 e. The molecule has 5 nitrogen and oxygen atoms in total. The zero-order valence-electron chi connectivity index (χ0n) is 18.2. The van der Waals surface area contributed by atoms with Gasteiger partial charge >= 0.3 is 0 Å². The average molecular weight is 449 g/mol. The predicted octanol–water partition coefficient (Wildman–Crippen LogP) is 4.65. The molecule has 0 radical (unpaired) electrons. The Hall–Kier alpha value is -1.99. The summed E-state index contributed by atoms with van der Waals surface area (Å²) in [5, 5.41) is 15.5. The quantitative estimate of drug-likeness (QED) is 0.606. The Bertz CT molecular complexity index is 866. The Morgan fingerprint density at radius 2 is 1.87 bits per heavy atom. The van der Waals surface area contributed by atoms with E-state index in [0.717, 1.165) is 16.8 Å². The van der Waals surface area contributed by atoms with Crippen LogP contribution in [0.1, 0.15) is 38.3 Å². The zero-order chi connectivity index (χ0) is 22.4. The Balaban J connectivity index is 1.62. The van der Waals surface area contributed by atoms with Crippen LogP contribution in [0.15, 0.2) is 53.7 Å². The standard InChI is InChI=1S/C24H30ClFN2O3/c1-24(2,3)30-16-21(29)14-28(13-17-4-10-20(26)11-5-17)15-22-12-23(27-31-22)18-6-8-19(25)9-7-18/h4-11,21-22,29H,12-16H2,1-3H3/t21-,22-/m1/s1. The van der Waals surface area contributed by atoms with Crippen LogP contribution in [0, 0.1) is 5.82 Å². The lowest BCUT2D eigenvalue weighted by Crippen LogP contribution is -2.40. The fourth-order valence-electron chi connectivity index (χ4n) is 3.38. The van der Waals surface area contributed by atoms with E-state index in [2.05, 4.69) is 10.1 Å². The molecule has 2 atom stereocenters. The molecule has 0 bridgehead atoms. The van der Waals surface area contributed by atoms with Crippen molar-refractivity contribution in [2.75, 3.05) is 19.7 Å². The van der Waals surface area contributed by atoms with Gasteiger partial charge in [0, 0.05) is 31.1 Å². The van der Waals surface area contributed by atoms with Gasteiger partial charge < -0.3 is 14.7 Å². The Labute approximate surface area is 188 Å².